The van der Waals surface area contributed by atoms with Gasteiger partial charge in [-0.3, -0.25) is 9.69 Å². The van der Waals surface area contributed by atoms with Crippen molar-refractivity contribution in [3.63, 3.8) is 0 Å². The lowest BCUT2D eigenvalue weighted by Gasteiger charge is -2.39. The number of nitrogens with zero attached hydrogens (tertiary/aromatic N) is 5. The van der Waals surface area contributed by atoms with Gasteiger partial charge in [0.2, 0.25) is 5.91 Å². The van der Waals surface area contributed by atoms with E-state index in [9.17, 15) is 4.79 Å². The number of rotatable bonds is 7. The Labute approximate surface area is 245 Å². The predicted molar refractivity (Wildman–Crippen MR) is 164 cm³/mol. The van der Waals surface area contributed by atoms with E-state index in [1.165, 1.54) is 42.2 Å². The molecule has 0 bridgehead atoms. The molecule has 2 saturated heterocycles. The number of piperidine rings is 1. The van der Waals surface area contributed by atoms with Crippen molar-refractivity contribution in [3.8, 4) is 0 Å². The minimum atomic E-state index is 0.130. The molecule has 40 heavy (non-hydrogen) atoms. The highest BCUT2D eigenvalue weighted by molar-refractivity contribution is 8.00. The van der Waals surface area contributed by atoms with E-state index < -0.39 is 0 Å². The van der Waals surface area contributed by atoms with Crippen LogP contribution in [0.15, 0.2) is 83.9 Å². The predicted octanol–water partition coefficient (Wildman–Crippen LogP) is 6.30. The Balaban J connectivity index is 1.13. The van der Waals surface area contributed by atoms with Gasteiger partial charge in [0.25, 0.3) is 0 Å². The normalized spacial score (nSPS) is 17.2. The highest BCUT2D eigenvalue weighted by Crippen LogP contribution is 2.33. The van der Waals surface area contributed by atoms with Gasteiger partial charge in [0.15, 0.2) is 5.82 Å². The second-order valence-corrected chi connectivity index (χ2v) is 11.9. The molecule has 206 valence electrons. The van der Waals surface area contributed by atoms with Crippen molar-refractivity contribution in [2.24, 2.45) is 0 Å². The SMILES string of the molecule is O=C(CSc1nc2ccccc2nc1N1CCCCC1)N1CCN([C@@H](c2ccccc2)c2ccc(Cl)cc2)CC1. The maximum atomic E-state index is 13.4. The summed E-state index contributed by atoms with van der Waals surface area (Å²) in [6, 6.07) is 26.8. The van der Waals surface area contributed by atoms with E-state index in [1.807, 2.05) is 47.4 Å². The molecule has 1 atom stereocenters. The van der Waals surface area contributed by atoms with Crippen LogP contribution in [0.2, 0.25) is 5.02 Å². The molecule has 0 saturated carbocycles. The molecule has 2 aliphatic rings. The number of piperazine rings is 1. The van der Waals surface area contributed by atoms with E-state index in [0.717, 1.165) is 53.1 Å². The number of fused-ring (bicyclic) bond motifs is 1. The lowest BCUT2D eigenvalue weighted by Crippen LogP contribution is -2.50. The van der Waals surface area contributed by atoms with Crippen LogP contribution in [0.3, 0.4) is 0 Å². The van der Waals surface area contributed by atoms with Crippen LogP contribution in [0, 0.1) is 0 Å². The Morgan fingerprint density at radius 2 is 1.38 bits per heavy atom. The first-order valence-corrected chi connectivity index (χ1v) is 15.5. The van der Waals surface area contributed by atoms with Crippen molar-refractivity contribution in [1.82, 2.24) is 19.8 Å². The Kier molecular flexibility index (Phi) is 8.51. The van der Waals surface area contributed by atoms with Gasteiger partial charge in [-0.1, -0.05) is 78.0 Å². The van der Waals surface area contributed by atoms with E-state index in [0.29, 0.717) is 18.8 Å². The van der Waals surface area contributed by atoms with Gasteiger partial charge in [0.05, 0.1) is 22.8 Å². The van der Waals surface area contributed by atoms with Crippen LogP contribution in [0.5, 0.6) is 0 Å². The minimum Gasteiger partial charge on any atom is -0.354 e. The van der Waals surface area contributed by atoms with E-state index in [4.69, 9.17) is 21.6 Å². The Bertz CT molecular complexity index is 1440. The molecular weight excluding hydrogens is 538 g/mol. The van der Waals surface area contributed by atoms with E-state index in [-0.39, 0.29) is 11.9 Å². The second kappa shape index (κ2) is 12.6. The number of hydrogen-bond acceptors (Lipinski definition) is 6. The van der Waals surface area contributed by atoms with E-state index in [1.54, 1.807) is 0 Å². The number of hydrogen-bond donors (Lipinski definition) is 0. The van der Waals surface area contributed by atoms with Crippen LogP contribution in [0.4, 0.5) is 5.82 Å². The van der Waals surface area contributed by atoms with Crippen molar-refractivity contribution >= 4 is 46.1 Å². The maximum Gasteiger partial charge on any atom is 0.233 e. The van der Waals surface area contributed by atoms with Crippen molar-refractivity contribution in [2.75, 3.05) is 49.9 Å². The molecule has 6 rings (SSSR count). The summed E-state index contributed by atoms with van der Waals surface area (Å²) in [4.78, 5) is 30.1. The lowest BCUT2D eigenvalue weighted by atomic mass is 9.96. The van der Waals surface area contributed by atoms with Gasteiger partial charge in [-0.25, -0.2) is 9.97 Å². The number of anilines is 1. The fourth-order valence-corrected chi connectivity index (χ4v) is 6.76. The van der Waals surface area contributed by atoms with Crippen molar-refractivity contribution in [3.05, 3.63) is 95.0 Å². The monoisotopic (exact) mass is 571 g/mol. The average Bonchev–Trinajstić information content (AvgIpc) is 3.02. The molecule has 2 fully saturated rings. The van der Waals surface area contributed by atoms with Gasteiger partial charge in [-0.05, 0) is 54.7 Å². The van der Waals surface area contributed by atoms with Crippen LogP contribution in [-0.4, -0.2) is 70.7 Å². The van der Waals surface area contributed by atoms with Gasteiger partial charge in [-0.2, -0.15) is 0 Å². The fourth-order valence-electron chi connectivity index (χ4n) is 5.73. The molecule has 1 aromatic heterocycles. The standard InChI is InChI=1S/C32H34ClN5OS/c33-26-15-13-25(14-16-26)30(24-9-3-1-4-10-24)37-21-19-36(20-22-37)29(39)23-40-32-31(38-17-7-2-8-18-38)34-27-11-5-6-12-28(27)35-32/h1,3-6,9-16,30H,2,7-8,17-23H2/t30-/m0/s1. The smallest absolute Gasteiger partial charge is 0.233 e. The van der Waals surface area contributed by atoms with Crippen LogP contribution >= 0.6 is 23.4 Å². The van der Waals surface area contributed by atoms with Gasteiger partial charge in [0, 0.05) is 44.3 Å². The van der Waals surface area contributed by atoms with Crippen molar-refractivity contribution < 1.29 is 4.79 Å². The summed E-state index contributed by atoms with van der Waals surface area (Å²) < 4.78 is 0. The zero-order valence-corrected chi connectivity index (χ0v) is 24.2. The number of aromatic nitrogens is 2. The van der Waals surface area contributed by atoms with E-state index >= 15 is 0 Å². The lowest BCUT2D eigenvalue weighted by molar-refractivity contribution is -0.130. The first-order chi connectivity index (χ1) is 19.7. The van der Waals surface area contributed by atoms with Gasteiger partial charge in [0.1, 0.15) is 5.03 Å². The number of benzene rings is 3. The summed E-state index contributed by atoms with van der Waals surface area (Å²) in [6.45, 7) is 5.03. The first-order valence-electron chi connectivity index (χ1n) is 14.1. The minimum absolute atomic E-state index is 0.130. The Morgan fingerprint density at radius 1 is 0.750 bits per heavy atom. The van der Waals surface area contributed by atoms with Crippen LogP contribution in [0.25, 0.3) is 11.0 Å². The molecule has 0 N–H and O–H groups in total. The largest absolute Gasteiger partial charge is 0.354 e. The molecule has 3 aromatic carbocycles. The van der Waals surface area contributed by atoms with E-state index in [2.05, 4.69) is 46.2 Å². The summed E-state index contributed by atoms with van der Waals surface area (Å²) in [5, 5.41) is 1.60. The number of carbonyl (C=O) groups excluding carboxylic acids is 1. The van der Waals surface area contributed by atoms with Crippen molar-refractivity contribution in [2.45, 2.75) is 30.3 Å². The number of amides is 1. The highest BCUT2D eigenvalue weighted by Gasteiger charge is 2.29. The summed E-state index contributed by atoms with van der Waals surface area (Å²) in [6.07, 6.45) is 3.59. The summed E-state index contributed by atoms with van der Waals surface area (Å²) >= 11 is 7.71. The molecule has 0 unspecified atom stereocenters. The summed E-state index contributed by atoms with van der Waals surface area (Å²) in [7, 11) is 0. The topological polar surface area (TPSA) is 52.6 Å². The number of carbonyl (C=O) groups is 1. The van der Waals surface area contributed by atoms with Crippen molar-refractivity contribution in [1.29, 1.82) is 0 Å². The van der Waals surface area contributed by atoms with Crippen LogP contribution < -0.4 is 4.90 Å². The van der Waals surface area contributed by atoms with Crippen LogP contribution in [0.1, 0.15) is 36.4 Å². The third-order valence-electron chi connectivity index (χ3n) is 7.84. The maximum absolute atomic E-state index is 13.4. The van der Waals surface area contributed by atoms with Gasteiger partial charge >= 0.3 is 0 Å². The molecule has 1 amide bonds. The van der Waals surface area contributed by atoms with Gasteiger partial charge in [-0.15, -0.1) is 0 Å². The molecule has 0 spiro atoms. The quantitative estimate of drug-likeness (QED) is 0.243. The second-order valence-electron chi connectivity index (χ2n) is 10.5. The number of halogens is 1. The number of thioether (sulfide) groups is 1. The average molecular weight is 572 g/mol. The molecule has 8 heteroatoms. The molecule has 4 aromatic rings. The molecule has 2 aliphatic heterocycles. The summed E-state index contributed by atoms with van der Waals surface area (Å²) in [5.41, 5.74) is 4.25. The fraction of sp³-hybridized carbons (Fsp3) is 0.344. The molecule has 3 heterocycles. The van der Waals surface area contributed by atoms with Gasteiger partial charge < -0.3 is 9.80 Å². The zero-order chi connectivity index (χ0) is 27.3. The Hall–Kier alpha value is -3.13. The highest BCUT2D eigenvalue weighted by atomic mass is 35.5. The summed E-state index contributed by atoms with van der Waals surface area (Å²) in [5.74, 6) is 1.45. The molecule has 6 nitrogen and oxygen atoms in total. The zero-order valence-electron chi connectivity index (χ0n) is 22.6. The molecule has 0 radical (unpaired) electrons. The van der Waals surface area contributed by atoms with Crippen LogP contribution in [-0.2, 0) is 4.79 Å². The third kappa shape index (κ3) is 6.12. The molecule has 0 aliphatic carbocycles. The Morgan fingerprint density at radius 3 is 2.08 bits per heavy atom. The molecular formula is C32H34ClN5OS. The number of para-hydroxylation sites is 2. The first kappa shape index (κ1) is 27.1. The third-order valence-corrected chi connectivity index (χ3v) is 9.03.